The molecule has 5 atom stereocenters. The summed E-state index contributed by atoms with van der Waals surface area (Å²) in [5, 5.41) is 0. The molecule has 2 aliphatic carbocycles. The van der Waals surface area contributed by atoms with Crippen LogP contribution in [0, 0.1) is 11.8 Å². The molecular weight excluding hydrogens is 198 g/mol. The van der Waals surface area contributed by atoms with Crippen LogP contribution in [0.25, 0.3) is 0 Å². The lowest BCUT2D eigenvalue weighted by atomic mass is 9.80. The van der Waals surface area contributed by atoms with Crippen LogP contribution in [0.3, 0.4) is 0 Å². The van der Waals surface area contributed by atoms with E-state index in [1.165, 1.54) is 38.5 Å². The minimum absolute atomic E-state index is 0.295. The van der Waals surface area contributed by atoms with Gasteiger partial charge in [0, 0.05) is 6.04 Å². The van der Waals surface area contributed by atoms with E-state index in [-0.39, 0.29) is 0 Å². The van der Waals surface area contributed by atoms with Crippen LogP contribution in [-0.2, 0) is 4.74 Å². The summed E-state index contributed by atoms with van der Waals surface area (Å²) in [6.45, 7) is 4.73. The molecule has 5 unspecified atom stereocenters. The quantitative estimate of drug-likeness (QED) is 0.783. The molecule has 2 aliphatic rings. The summed E-state index contributed by atoms with van der Waals surface area (Å²) < 4.78 is 6.24. The van der Waals surface area contributed by atoms with Crippen LogP contribution in [0.2, 0.25) is 0 Å². The fourth-order valence-electron chi connectivity index (χ4n) is 3.16. The maximum atomic E-state index is 6.24. The van der Waals surface area contributed by atoms with E-state index in [2.05, 4.69) is 13.8 Å². The van der Waals surface area contributed by atoms with E-state index in [9.17, 15) is 0 Å². The van der Waals surface area contributed by atoms with Crippen LogP contribution >= 0.6 is 0 Å². The Morgan fingerprint density at radius 3 is 2.38 bits per heavy atom. The topological polar surface area (TPSA) is 35.2 Å². The first-order chi connectivity index (χ1) is 7.66. The molecule has 2 fully saturated rings. The first-order valence-corrected chi connectivity index (χ1v) is 7.08. The zero-order valence-corrected chi connectivity index (χ0v) is 10.8. The lowest BCUT2D eigenvalue weighted by molar-refractivity contribution is -0.0679. The first-order valence-electron chi connectivity index (χ1n) is 7.08. The van der Waals surface area contributed by atoms with E-state index in [0.717, 1.165) is 18.3 Å². The molecule has 0 saturated heterocycles. The number of rotatable bonds is 2. The Labute approximate surface area is 99.9 Å². The van der Waals surface area contributed by atoms with Gasteiger partial charge in [-0.1, -0.05) is 26.7 Å². The third-order valence-electron chi connectivity index (χ3n) is 4.67. The Hall–Kier alpha value is -0.0800. The van der Waals surface area contributed by atoms with Crippen molar-refractivity contribution in [3.05, 3.63) is 0 Å². The predicted octanol–water partition coefficient (Wildman–Crippen LogP) is 3.10. The minimum Gasteiger partial charge on any atom is -0.373 e. The van der Waals surface area contributed by atoms with Gasteiger partial charge in [0.25, 0.3) is 0 Å². The largest absolute Gasteiger partial charge is 0.373 e. The van der Waals surface area contributed by atoms with Crippen LogP contribution in [0.1, 0.15) is 58.8 Å². The Bertz CT molecular complexity index is 219. The molecule has 2 nitrogen and oxygen atoms in total. The van der Waals surface area contributed by atoms with Crippen molar-refractivity contribution < 1.29 is 4.74 Å². The van der Waals surface area contributed by atoms with Gasteiger partial charge >= 0.3 is 0 Å². The summed E-state index contributed by atoms with van der Waals surface area (Å²) in [6.07, 6.45) is 9.58. The van der Waals surface area contributed by atoms with E-state index in [1.54, 1.807) is 0 Å². The van der Waals surface area contributed by atoms with Crippen molar-refractivity contribution in [2.45, 2.75) is 77.0 Å². The predicted molar refractivity (Wildman–Crippen MR) is 67.3 cm³/mol. The van der Waals surface area contributed by atoms with Crippen LogP contribution in [0.15, 0.2) is 0 Å². The number of ether oxygens (including phenoxy) is 1. The standard InChI is InChI=1S/C14H27NO/c1-10-7-8-12(9-11(10)2)16-14-6-4-3-5-13(14)15/h10-14H,3-9,15H2,1-2H3. The Kier molecular flexibility index (Phi) is 4.26. The van der Waals surface area contributed by atoms with Gasteiger partial charge in [-0.25, -0.2) is 0 Å². The van der Waals surface area contributed by atoms with E-state index in [1.807, 2.05) is 0 Å². The van der Waals surface area contributed by atoms with Crippen molar-refractivity contribution >= 4 is 0 Å². The number of hydrogen-bond acceptors (Lipinski definition) is 2. The van der Waals surface area contributed by atoms with Crippen LogP contribution in [0.5, 0.6) is 0 Å². The second-order valence-corrected chi connectivity index (χ2v) is 6.01. The molecule has 0 bridgehead atoms. The van der Waals surface area contributed by atoms with Crippen molar-refractivity contribution in [2.75, 3.05) is 0 Å². The number of nitrogens with two attached hydrogens (primary N) is 1. The molecule has 0 aromatic carbocycles. The van der Waals surface area contributed by atoms with Gasteiger partial charge in [-0.15, -0.1) is 0 Å². The van der Waals surface area contributed by atoms with Gasteiger partial charge < -0.3 is 10.5 Å². The van der Waals surface area contributed by atoms with Crippen molar-refractivity contribution in [1.82, 2.24) is 0 Å². The fraction of sp³-hybridized carbons (Fsp3) is 1.00. The van der Waals surface area contributed by atoms with Crippen molar-refractivity contribution in [3.8, 4) is 0 Å². The monoisotopic (exact) mass is 225 g/mol. The molecule has 0 aromatic heterocycles. The fourth-order valence-corrected chi connectivity index (χ4v) is 3.16. The molecule has 2 N–H and O–H groups in total. The van der Waals surface area contributed by atoms with Gasteiger partial charge in [0.2, 0.25) is 0 Å². The second-order valence-electron chi connectivity index (χ2n) is 6.01. The molecule has 2 rings (SSSR count). The molecule has 0 heterocycles. The van der Waals surface area contributed by atoms with Gasteiger partial charge in [0.15, 0.2) is 0 Å². The summed E-state index contributed by atoms with van der Waals surface area (Å²) in [6, 6.07) is 0.295. The highest BCUT2D eigenvalue weighted by Crippen LogP contribution is 2.33. The molecule has 16 heavy (non-hydrogen) atoms. The van der Waals surface area contributed by atoms with Gasteiger partial charge in [-0.3, -0.25) is 0 Å². The Balaban J connectivity index is 1.80. The normalized spacial score (nSPS) is 45.6. The number of hydrogen-bond donors (Lipinski definition) is 1. The highest BCUT2D eigenvalue weighted by molar-refractivity contribution is 4.82. The maximum Gasteiger partial charge on any atom is 0.0729 e. The second kappa shape index (κ2) is 5.50. The summed E-state index contributed by atoms with van der Waals surface area (Å²) in [5.41, 5.74) is 6.13. The molecule has 2 saturated carbocycles. The van der Waals surface area contributed by atoms with Gasteiger partial charge in [0.1, 0.15) is 0 Å². The van der Waals surface area contributed by atoms with Crippen molar-refractivity contribution in [2.24, 2.45) is 17.6 Å². The maximum absolute atomic E-state index is 6.24. The van der Waals surface area contributed by atoms with Gasteiger partial charge in [-0.05, 0) is 43.9 Å². The minimum atomic E-state index is 0.295. The molecule has 2 heteroatoms. The molecule has 0 aliphatic heterocycles. The molecule has 94 valence electrons. The van der Waals surface area contributed by atoms with Crippen LogP contribution in [0.4, 0.5) is 0 Å². The smallest absolute Gasteiger partial charge is 0.0729 e. The lowest BCUT2D eigenvalue weighted by Crippen LogP contribution is -2.42. The Morgan fingerprint density at radius 2 is 1.69 bits per heavy atom. The van der Waals surface area contributed by atoms with E-state index in [0.29, 0.717) is 18.2 Å². The van der Waals surface area contributed by atoms with Crippen molar-refractivity contribution in [1.29, 1.82) is 0 Å². The lowest BCUT2D eigenvalue weighted by Gasteiger charge is -2.37. The van der Waals surface area contributed by atoms with E-state index in [4.69, 9.17) is 10.5 Å². The van der Waals surface area contributed by atoms with Crippen LogP contribution in [-0.4, -0.2) is 18.2 Å². The van der Waals surface area contributed by atoms with Crippen LogP contribution < -0.4 is 5.73 Å². The molecular formula is C14H27NO. The molecule has 0 aromatic rings. The highest BCUT2D eigenvalue weighted by Gasteiger charge is 2.30. The summed E-state index contributed by atoms with van der Waals surface area (Å²) in [5.74, 6) is 1.69. The summed E-state index contributed by atoms with van der Waals surface area (Å²) in [4.78, 5) is 0. The van der Waals surface area contributed by atoms with E-state index < -0.39 is 0 Å². The van der Waals surface area contributed by atoms with Crippen molar-refractivity contribution in [3.63, 3.8) is 0 Å². The van der Waals surface area contributed by atoms with Gasteiger partial charge in [0.05, 0.1) is 12.2 Å². The Morgan fingerprint density at radius 1 is 0.938 bits per heavy atom. The SMILES string of the molecule is CC1CCC(OC2CCCCC2N)CC1C. The summed E-state index contributed by atoms with van der Waals surface area (Å²) in [7, 11) is 0. The zero-order valence-electron chi connectivity index (χ0n) is 10.8. The zero-order chi connectivity index (χ0) is 11.5. The molecule has 0 amide bonds. The first kappa shape index (κ1) is 12.4. The highest BCUT2D eigenvalue weighted by atomic mass is 16.5. The average Bonchev–Trinajstić information content (AvgIpc) is 2.27. The molecule has 0 spiro atoms. The third kappa shape index (κ3) is 2.98. The van der Waals surface area contributed by atoms with E-state index >= 15 is 0 Å². The van der Waals surface area contributed by atoms with Gasteiger partial charge in [-0.2, -0.15) is 0 Å². The average molecular weight is 225 g/mol. The third-order valence-corrected chi connectivity index (χ3v) is 4.67. The summed E-state index contributed by atoms with van der Waals surface area (Å²) >= 11 is 0. The molecule has 0 radical (unpaired) electrons.